The van der Waals surface area contributed by atoms with E-state index in [0.717, 1.165) is 35.8 Å². The lowest BCUT2D eigenvalue weighted by molar-refractivity contribution is 0.218. The van der Waals surface area contributed by atoms with E-state index in [-0.39, 0.29) is 18.1 Å². The molecule has 0 radical (unpaired) electrons. The van der Waals surface area contributed by atoms with Crippen molar-refractivity contribution in [2.45, 2.75) is 18.6 Å². The van der Waals surface area contributed by atoms with Gasteiger partial charge in [0.2, 0.25) is 0 Å². The minimum atomic E-state index is -0.0192. The first-order chi connectivity index (χ1) is 17.2. The average molecular weight is 458 g/mol. The second-order valence-electron chi connectivity index (χ2n) is 9.32. The van der Waals surface area contributed by atoms with Crippen LogP contribution in [0.3, 0.4) is 0 Å². The number of hydrogen-bond acceptors (Lipinski definition) is 4. The zero-order chi connectivity index (χ0) is 23.8. The molecule has 6 rings (SSSR count). The van der Waals surface area contributed by atoms with Crippen LogP contribution in [0.25, 0.3) is 5.57 Å². The predicted molar refractivity (Wildman–Crippen MR) is 141 cm³/mol. The number of ether oxygens (including phenoxy) is 1. The lowest BCUT2D eigenvalue weighted by atomic mass is 9.85. The summed E-state index contributed by atoms with van der Waals surface area (Å²) in [6.45, 7) is 0.772. The number of allylic oxidation sites excluding steroid dienone is 9. The molecule has 0 fully saturated rings. The fourth-order valence-corrected chi connectivity index (χ4v) is 5.28. The molecule has 2 heterocycles. The normalized spacial score (nSPS) is 24.5. The van der Waals surface area contributed by atoms with Crippen molar-refractivity contribution in [2.75, 3.05) is 18.5 Å². The number of likely N-dealkylation sites (N-methyl/N-ethyl adjacent to an activating group) is 1. The molecule has 0 aromatic heterocycles. The summed E-state index contributed by atoms with van der Waals surface area (Å²) in [5.74, 6) is 1.18. The van der Waals surface area contributed by atoms with Gasteiger partial charge in [0.05, 0.1) is 11.7 Å². The Hall–Kier alpha value is -4.23. The maximum absolute atomic E-state index is 9.48. The molecule has 172 valence electrons. The van der Waals surface area contributed by atoms with Crippen LogP contribution in [0.15, 0.2) is 114 Å². The summed E-state index contributed by atoms with van der Waals surface area (Å²) in [6.07, 6.45) is 20.5. The first kappa shape index (κ1) is 21.3. The van der Waals surface area contributed by atoms with E-state index < -0.39 is 0 Å². The molecule has 2 aromatic carbocycles. The van der Waals surface area contributed by atoms with Gasteiger partial charge in [-0.25, -0.2) is 0 Å². The molecule has 0 spiro atoms. The molecule has 4 nitrogen and oxygen atoms in total. The molecule has 0 saturated carbocycles. The minimum absolute atomic E-state index is 0.0192. The third kappa shape index (κ3) is 3.90. The highest BCUT2D eigenvalue weighted by Gasteiger charge is 2.34. The van der Waals surface area contributed by atoms with E-state index >= 15 is 0 Å². The number of anilines is 2. The van der Waals surface area contributed by atoms with Crippen molar-refractivity contribution < 1.29 is 4.74 Å². The fourth-order valence-electron chi connectivity index (χ4n) is 5.28. The topological polar surface area (TPSA) is 39.5 Å². The quantitative estimate of drug-likeness (QED) is 0.541. The molecule has 4 aliphatic rings. The maximum Gasteiger partial charge on any atom is 0.144 e. The van der Waals surface area contributed by atoms with Gasteiger partial charge in [0.15, 0.2) is 0 Å². The largest absolute Gasteiger partial charge is 0.482 e. The highest BCUT2D eigenvalue weighted by Crippen LogP contribution is 2.43. The van der Waals surface area contributed by atoms with Gasteiger partial charge in [0.1, 0.15) is 23.6 Å². The van der Waals surface area contributed by atoms with Gasteiger partial charge in [0, 0.05) is 25.2 Å². The molecule has 3 unspecified atom stereocenters. The molecule has 0 saturated heterocycles. The molecule has 0 bridgehead atoms. The highest BCUT2D eigenvalue weighted by atomic mass is 16.5. The van der Waals surface area contributed by atoms with Crippen LogP contribution >= 0.6 is 0 Å². The molecule has 3 atom stereocenters. The molecule has 0 N–H and O–H groups in total. The molecular formula is C31H27N3O. The fraction of sp³-hybridized carbons (Fsp3) is 0.194. The number of benzene rings is 2. The zero-order valence-electron chi connectivity index (χ0n) is 19.7. The Kier molecular flexibility index (Phi) is 5.39. The summed E-state index contributed by atoms with van der Waals surface area (Å²) in [5.41, 5.74) is 6.59. The zero-order valence-corrected chi connectivity index (χ0v) is 19.7. The Morgan fingerprint density at radius 3 is 2.86 bits per heavy atom. The van der Waals surface area contributed by atoms with Crippen molar-refractivity contribution in [2.24, 2.45) is 5.92 Å². The van der Waals surface area contributed by atoms with Gasteiger partial charge in [-0.3, -0.25) is 0 Å². The molecule has 2 aliphatic heterocycles. The van der Waals surface area contributed by atoms with Crippen LogP contribution in [0, 0.1) is 17.2 Å². The van der Waals surface area contributed by atoms with E-state index in [0.29, 0.717) is 0 Å². The first-order valence-corrected chi connectivity index (χ1v) is 12.1. The third-order valence-electron chi connectivity index (χ3n) is 7.13. The van der Waals surface area contributed by atoms with Crippen LogP contribution in [0.4, 0.5) is 11.4 Å². The van der Waals surface area contributed by atoms with Crippen molar-refractivity contribution in [3.8, 4) is 11.8 Å². The molecule has 4 heteroatoms. The third-order valence-corrected chi connectivity index (χ3v) is 7.13. The van der Waals surface area contributed by atoms with Gasteiger partial charge >= 0.3 is 0 Å². The Bertz CT molecular complexity index is 1380. The monoisotopic (exact) mass is 457 g/mol. The number of fused-ring (bicyclic) bond motifs is 2. The molecule has 2 aromatic rings. The van der Waals surface area contributed by atoms with E-state index in [9.17, 15) is 5.26 Å². The van der Waals surface area contributed by atoms with Crippen molar-refractivity contribution in [3.63, 3.8) is 0 Å². The number of rotatable bonds is 3. The Morgan fingerprint density at radius 1 is 1.06 bits per heavy atom. The minimum Gasteiger partial charge on any atom is -0.482 e. The van der Waals surface area contributed by atoms with Crippen LogP contribution in [0.1, 0.15) is 12.0 Å². The van der Waals surface area contributed by atoms with E-state index in [1.807, 2.05) is 30.2 Å². The SMILES string of the molecule is CN1CC=C(C2C=C(c3cccc(N4c5ccccc5OC5C=CC=CC54)c3)C=CC2)C=C1C#N. The maximum atomic E-state index is 9.48. The van der Waals surface area contributed by atoms with Gasteiger partial charge in [-0.05, 0) is 59.5 Å². The summed E-state index contributed by atoms with van der Waals surface area (Å²) in [6, 6.07) is 19.5. The van der Waals surface area contributed by atoms with Crippen LogP contribution < -0.4 is 9.64 Å². The van der Waals surface area contributed by atoms with E-state index in [4.69, 9.17) is 4.74 Å². The summed E-state index contributed by atoms with van der Waals surface area (Å²) < 4.78 is 6.30. The van der Waals surface area contributed by atoms with Crippen LogP contribution in [-0.2, 0) is 0 Å². The first-order valence-electron chi connectivity index (χ1n) is 12.1. The van der Waals surface area contributed by atoms with Gasteiger partial charge < -0.3 is 14.5 Å². The van der Waals surface area contributed by atoms with E-state index in [1.54, 1.807) is 0 Å². The highest BCUT2D eigenvalue weighted by molar-refractivity contribution is 5.80. The second-order valence-corrected chi connectivity index (χ2v) is 9.32. The van der Waals surface area contributed by atoms with Crippen molar-refractivity contribution in [1.29, 1.82) is 5.26 Å². The van der Waals surface area contributed by atoms with Crippen LogP contribution in [-0.4, -0.2) is 30.6 Å². The van der Waals surface area contributed by atoms with Crippen molar-refractivity contribution in [3.05, 3.63) is 120 Å². The second kappa shape index (κ2) is 8.85. The Labute approximate surface area is 206 Å². The lowest BCUT2D eigenvalue weighted by Crippen LogP contribution is -2.46. The predicted octanol–water partition coefficient (Wildman–Crippen LogP) is 6.32. The van der Waals surface area contributed by atoms with Gasteiger partial charge in [-0.2, -0.15) is 5.26 Å². The summed E-state index contributed by atoms with van der Waals surface area (Å²) in [4.78, 5) is 4.37. The smallest absolute Gasteiger partial charge is 0.144 e. The van der Waals surface area contributed by atoms with Gasteiger partial charge in [0.25, 0.3) is 0 Å². The summed E-state index contributed by atoms with van der Waals surface area (Å²) in [7, 11) is 1.96. The van der Waals surface area contributed by atoms with Crippen LogP contribution in [0.5, 0.6) is 5.75 Å². The lowest BCUT2D eigenvalue weighted by Gasteiger charge is -2.42. The number of para-hydroxylation sites is 2. The number of nitrogens with zero attached hydrogens (tertiary/aromatic N) is 3. The Balaban J connectivity index is 1.36. The van der Waals surface area contributed by atoms with E-state index in [2.05, 4.69) is 96.0 Å². The summed E-state index contributed by atoms with van der Waals surface area (Å²) in [5, 5.41) is 9.48. The molecule has 0 amide bonds. The van der Waals surface area contributed by atoms with Gasteiger partial charge in [-0.15, -0.1) is 0 Å². The number of hydrogen-bond donors (Lipinski definition) is 0. The van der Waals surface area contributed by atoms with Crippen molar-refractivity contribution in [1.82, 2.24) is 4.90 Å². The number of nitriles is 1. The summed E-state index contributed by atoms with van der Waals surface area (Å²) >= 11 is 0. The Morgan fingerprint density at radius 2 is 1.94 bits per heavy atom. The standard InChI is InChI=1S/C31H27N3O/c1-33-17-16-25(20-27(33)21-32)23-9-6-8-22(18-23)24-10-7-11-26(19-24)34-28-12-2-4-14-30(28)35-31-15-5-3-13-29(31)34/h2-8,10-16,18-20,23,28,30H,9,17H2,1H3. The molecule has 35 heavy (non-hydrogen) atoms. The van der Waals surface area contributed by atoms with E-state index in [1.165, 1.54) is 16.7 Å². The van der Waals surface area contributed by atoms with Gasteiger partial charge in [-0.1, -0.05) is 66.8 Å². The van der Waals surface area contributed by atoms with Crippen molar-refractivity contribution >= 4 is 16.9 Å². The van der Waals surface area contributed by atoms with Crippen LogP contribution in [0.2, 0.25) is 0 Å². The average Bonchev–Trinajstić information content (AvgIpc) is 2.92. The molecular weight excluding hydrogens is 430 g/mol. The molecule has 2 aliphatic carbocycles.